The summed E-state index contributed by atoms with van der Waals surface area (Å²) in [4.78, 5) is 0. The normalized spacial score (nSPS) is 13.2. The third-order valence-corrected chi connectivity index (χ3v) is 13.9. The molecule has 0 radical (unpaired) electrons. The van der Waals surface area contributed by atoms with E-state index in [2.05, 4.69) is 70.1 Å². The molecule has 0 aliphatic heterocycles. The van der Waals surface area contributed by atoms with E-state index in [0.29, 0.717) is 12.8 Å². The Kier molecular flexibility index (Phi) is 18.1. The van der Waals surface area contributed by atoms with Crippen molar-refractivity contribution in [2.45, 2.75) is 83.1 Å². The average Bonchev–Trinajstić information content (AvgIpc) is 2.99. The first-order valence-electron chi connectivity index (χ1n) is 14.6. The number of rotatable bonds is 18. The first-order valence-corrected chi connectivity index (χ1v) is 19.7. The van der Waals surface area contributed by atoms with Crippen LogP contribution in [0.25, 0.3) is 0 Å². The number of hydrogen-bond donors (Lipinski definition) is 2. The molecule has 0 saturated heterocycles. The van der Waals surface area contributed by atoms with Crippen LogP contribution < -0.4 is 30.6 Å². The predicted molar refractivity (Wildman–Crippen MR) is 165 cm³/mol. The van der Waals surface area contributed by atoms with E-state index < -0.39 is 24.1 Å². The molecule has 0 fully saturated rings. The summed E-state index contributed by atoms with van der Waals surface area (Å²) < 4.78 is 55.2. The number of hydrogen-bond acceptors (Lipinski definition) is 6. The summed E-state index contributed by atoms with van der Waals surface area (Å²) in [6.45, 7) is 7.86. The van der Waals surface area contributed by atoms with Gasteiger partial charge in [0.1, 0.15) is 12.1 Å². The van der Waals surface area contributed by atoms with E-state index in [0.717, 1.165) is 38.5 Å². The quantitative estimate of drug-likeness (QED) is 0.227. The minimum absolute atomic E-state index is 0.00640. The van der Waals surface area contributed by atoms with Crippen LogP contribution in [-0.2, 0) is 20.0 Å². The molecule has 2 unspecified atom stereocenters. The molecule has 0 aromatic heterocycles. The largest absolute Gasteiger partial charge is 0.368 e. The van der Waals surface area contributed by atoms with Gasteiger partial charge in [0, 0.05) is 13.1 Å². The highest BCUT2D eigenvalue weighted by atomic mass is 127. The molecule has 0 aliphatic carbocycles. The van der Waals surface area contributed by atoms with Crippen molar-refractivity contribution in [1.82, 2.24) is 9.44 Å². The Morgan fingerprint density at radius 3 is 1.33 bits per heavy atom. The van der Waals surface area contributed by atoms with Crippen molar-refractivity contribution in [3.05, 3.63) is 67.8 Å². The molecule has 42 heavy (non-hydrogen) atoms. The highest BCUT2D eigenvalue weighted by Gasteiger charge is 2.57. The second kappa shape index (κ2) is 20.0. The SMILES string of the molecule is CCCCC(CC)CNS(=O)(=O)C(C#N)(C#N)S(=O)(=O)NCC(CC)CCCC.c1ccc([I+]c2ccccc2)cc1. The van der Waals surface area contributed by atoms with Crippen LogP contribution >= 0.6 is 0 Å². The molecule has 2 aromatic rings. The van der Waals surface area contributed by atoms with Crippen LogP contribution in [0.1, 0.15) is 79.1 Å². The van der Waals surface area contributed by atoms with Crippen LogP contribution in [0.4, 0.5) is 0 Å². The standard InChI is InChI=1S/C19H36N4O4S2.C12H10I/c1-5-9-11-17(7-3)13-22-28(24,25)19(15-20,16-21)29(26,27)23-14-18(8-4)12-10-6-2;1-3-7-11(8-4-1)13-12-9-5-2-6-10-12/h17-18,22-23H,5-14H2,1-4H3;1-10H/q;+1. The Balaban J connectivity index is 0.000000554. The van der Waals surface area contributed by atoms with Gasteiger partial charge >= 0.3 is 25.3 Å². The lowest BCUT2D eigenvalue weighted by Crippen LogP contribution is -3.61. The summed E-state index contributed by atoms with van der Waals surface area (Å²) in [5.41, 5.74) is 0. The van der Waals surface area contributed by atoms with E-state index >= 15 is 0 Å². The van der Waals surface area contributed by atoms with E-state index in [-0.39, 0.29) is 46.1 Å². The summed E-state index contributed by atoms with van der Waals surface area (Å²) in [5.74, 6) is 0.0166. The van der Waals surface area contributed by atoms with Gasteiger partial charge < -0.3 is 0 Å². The molecule has 2 N–H and O–H groups in total. The molecule has 232 valence electrons. The monoisotopic (exact) mass is 729 g/mol. The minimum Gasteiger partial charge on any atom is -0.212 e. The Bertz CT molecular complexity index is 1220. The fourth-order valence-electron chi connectivity index (χ4n) is 4.04. The third-order valence-electron chi connectivity index (χ3n) is 6.95. The summed E-state index contributed by atoms with van der Waals surface area (Å²) in [6.07, 6.45) is 6.71. The van der Waals surface area contributed by atoms with Gasteiger partial charge in [-0.25, -0.2) is 26.3 Å². The fourth-order valence-corrected chi connectivity index (χ4v) is 9.61. The number of unbranched alkanes of at least 4 members (excludes halogenated alkanes) is 2. The Morgan fingerprint density at radius 1 is 0.690 bits per heavy atom. The lowest BCUT2D eigenvalue weighted by molar-refractivity contribution is -0.597. The molecule has 2 atom stereocenters. The van der Waals surface area contributed by atoms with Crippen LogP contribution in [0.15, 0.2) is 60.7 Å². The van der Waals surface area contributed by atoms with Crippen molar-refractivity contribution in [2.75, 3.05) is 13.1 Å². The fraction of sp³-hybridized carbons (Fsp3) is 0.548. The lowest BCUT2D eigenvalue weighted by atomic mass is 10.00. The van der Waals surface area contributed by atoms with Crippen LogP contribution in [0, 0.1) is 41.6 Å². The second-order valence-corrected chi connectivity index (χ2v) is 17.2. The maximum Gasteiger partial charge on any atom is 0.368 e. The van der Waals surface area contributed by atoms with Crippen molar-refractivity contribution in [2.24, 2.45) is 11.8 Å². The number of nitrogens with one attached hydrogen (secondary N) is 2. The van der Waals surface area contributed by atoms with Gasteiger partial charge in [0.25, 0.3) is 20.0 Å². The number of sulfonamides is 2. The van der Waals surface area contributed by atoms with E-state index in [1.54, 1.807) is 0 Å². The van der Waals surface area contributed by atoms with Gasteiger partial charge in [-0.05, 0) is 48.9 Å². The van der Waals surface area contributed by atoms with Gasteiger partial charge in [0.05, 0.1) is 0 Å². The van der Waals surface area contributed by atoms with Crippen molar-refractivity contribution in [3.8, 4) is 12.1 Å². The first-order chi connectivity index (χ1) is 20.1. The molecular weight excluding hydrogens is 683 g/mol. The van der Waals surface area contributed by atoms with E-state index in [1.165, 1.54) is 19.3 Å². The molecule has 0 heterocycles. The van der Waals surface area contributed by atoms with Gasteiger partial charge in [0.15, 0.2) is 7.14 Å². The molecule has 11 heteroatoms. The van der Waals surface area contributed by atoms with E-state index in [9.17, 15) is 27.4 Å². The van der Waals surface area contributed by atoms with Crippen LogP contribution in [-0.4, -0.2) is 34.0 Å². The average molecular weight is 730 g/mol. The molecule has 0 aliphatic rings. The summed E-state index contributed by atoms with van der Waals surface area (Å²) in [5, 5.41) is 18.9. The molecule has 8 nitrogen and oxygen atoms in total. The second-order valence-electron chi connectivity index (χ2n) is 10.1. The van der Waals surface area contributed by atoms with Crippen LogP contribution in [0.3, 0.4) is 0 Å². The van der Waals surface area contributed by atoms with Crippen molar-refractivity contribution < 1.29 is 38.0 Å². The van der Waals surface area contributed by atoms with Gasteiger partial charge in [-0.2, -0.15) is 10.5 Å². The zero-order chi connectivity index (χ0) is 31.5. The first kappa shape index (κ1) is 38.0. The van der Waals surface area contributed by atoms with E-state index in [1.807, 2.05) is 27.7 Å². The number of benzene rings is 2. The van der Waals surface area contributed by atoms with Crippen molar-refractivity contribution in [3.63, 3.8) is 0 Å². The van der Waals surface area contributed by atoms with E-state index in [4.69, 9.17) is 0 Å². The molecule has 0 saturated carbocycles. The summed E-state index contributed by atoms with van der Waals surface area (Å²) >= 11 is 0.0287. The highest BCUT2D eigenvalue weighted by Crippen LogP contribution is 2.24. The lowest BCUT2D eigenvalue weighted by Gasteiger charge is -2.23. The van der Waals surface area contributed by atoms with Gasteiger partial charge in [-0.15, -0.1) is 0 Å². The molecule has 0 amide bonds. The van der Waals surface area contributed by atoms with Crippen molar-refractivity contribution in [1.29, 1.82) is 10.5 Å². The maximum absolute atomic E-state index is 12.8. The minimum atomic E-state index is -4.77. The predicted octanol–water partition coefficient (Wildman–Crippen LogP) is 2.82. The van der Waals surface area contributed by atoms with Crippen molar-refractivity contribution >= 4 is 20.0 Å². The summed E-state index contributed by atoms with van der Waals surface area (Å²) in [7, 11) is -9.53. The zero-order valence-corrected chi connectivity index (χ0v) is 29.0. The van der Waals surface area contributed by atoms with Gasteiger partial charge in [0.2, 0.25) is 0 Å². The molecule has 2 aromatic carbocycles. The zero-order valence-electron chi connectivity index (χ0n) is 25.2. The van der Waals surface area contributed by atoms with Gasteiger partial charge in [-0.3, -0.25) is 0 Å². The molecule has 2 rings (SSSR count). The Labute approximate surface area is 264 Å². The van der Waals surface area contributed by atoms with Crippen LogP contribution in [0.2, 0.25) is 0 Å². The maximum atomic E-state index is 12.8. The van der Waals surface area contributed by atoms with Crippen LogP contribution in [0.5, 0.6) is 0 Å². The van der Waals surface area contributed by atoms with Gasteiger partial charge in [-0.1, -0.05) is 103 Å². The number of halogens is 1. The molecule has 0 spiro atoms. The number of nitrogens with zero attached hydrogens (tertiary/aromatic N) is 2. The molecule has 0 bridgehead atoms. The Morgan fingerprint density at radius 2 is 1.05 bits per heavy atom. The number of nitriles is 2. The smallest absolute Gasteiger partial charge is 0.212 e. The summed E-state index contributed by atoms with van der Waals surface area (Å²) in [6, 6.07) is 23.9. The Hall–Kier alpha value is -2.03. The topological polar surface area (TPSA) is 140 Å². The molecular formula is C31H46IN4O4S2+. The third kappa shape index (κ3) is 11.9. The highest BCUT2D eigenvalue weighted by molar-refractivity contribution is 8.09.